The fourth-order valence-corrected chi connectivity index (χ4v) is 3.16. The van der Waals surface area contributed by atoms with E-state index < -0.39 is 0 Å². The molecule has 112 valence electrons. The summed E-state index contributed by atoms with van der Waals surface area (Å²) in [5.74, 6) is 0.550. The summed E-state index contributed by atoms with van der Waals surface area (Å²) >= 11 is 0. The molecule has 0 spiro atoms. The van der Waals surface area contributed by atoms with E-state index in [2.05, 4.69) is 42.0 Å². The van der Waals surface area contributed by atoms with Crippen LogP contribution in [-0.2, 0) is 7.05 Å². The summed E-state index contributed by atoms with van der Waals surface area (Å²) in [4.78, 5) is 7.47. The Bertz CT molecular complexity index is 602. The third kappa shape index (κ3) is 3.00. The number of aryl methyl sites for hydroxylation is 1. The Labute approximate surface area is 126 Å². The highest BCUT2D eigenvalue weighted by Gasteiger charge is 2.24. The first-order valence-corrected chi connectivity index (χ1v) is 7.84. The van der Waals surface area contributed by atoms with Crippen molar-refractivity contribution in [3.63, 3.8) is 0 Å². The third-order valence-electron chi connectivity index (χ3n) is 4.46. The Morgan fingerprint density at radius 3 is 2.81 bits per heavy atom. The summed E-state index contributed by atoms with van der Waals surface area (Å²) in [5.41, 5.74) is 3.32. The molecule has 0 saturated carbocycles. The molecule has 21 heavy (non-hydrogen) atoms. The first-order chi connectivity index (χ1) is 10.1. The van der Waals surface area contributed by atoms with E-state index in [1.807, 2.05) is 24.0 Å². The number of rotatable bonds is 3. The number of piperidine rings is 1. The highest BCUT2D eigenvalue weighted by molar-refractivity contribution is 5.54. The van der Waals surface area contributed by atoms with Gasteiger partial charge in [0.25, 0.3) is 0 Å². The SMILES string of the molecule is CC(C)N1CCC[C@H](c2cccc(-c3ccnn3C)n2)C1. The van der Waals surface area contributed by atoms with Gasteiger partial charge >= 0.3 is 0 Å². The molecule has 3 heterocycles. The van der Waals surface area contributed by atoms with Crippen LogP contribution in [0.2, 0.25) is 0 Å². The molecule has 0 bridgehead atoms. The number of aromatic nitrogens is 3. The predicted octanol–water partition coefficient (Wildman–Crippen LogP) is 3.07. The maximum Gasteiger partial charge on any atom is 0.0886 e. The van der Waals surface area contributed by atoms with E-state index in [1.165, 1.54) is 25.1 Å². The molecule has 0 aromatic carbocycles. The van der Waals surface area contributed by atoms with E-state index in [-0.39, 0.29) is 0 Å². The lowest BCUT2D eigenvalue weighted by Gasteiger charge is -2.35. The fourth-order valence-electron chi connectivity index (χ4n) is 3.16. The third-order valence-corrected chi connectivity index (χ3v) is 4.46. The number of likely N-dealkylation sites (tertiary alicyclic amines) is 1. The minimum atomic E-state index is 0.550. The van der Waals surface area contributed by atoms with Gasteiger partial charge in [-0.15, -0.1) is 0 Å². The Hall–Kier alpha value is -1.68. The van der Waals surface area contributed by atoms with Gasteiger partial charge in [-0.3, -0.25) is 9.67 Å². The van der Waals surface area contributed by atoms with Crippen molar-refractivity contribution in [2.75, 3.05) is 13.1 Å². The van der Waals surface area contributed by atoms with Gasteiger partial charge in [-0.2, -0.15) is 5.10 Å². The molecule has 0 aliphatic carbocycles. The summed E-state index contributed by atoms with van der Waals surface area (Å²) in [6.07, 6.45) is 4.33. The van der Waals surface area contributed by atoms with E-state index in [0.29, 0.717) is 12.0 Å². The summed E-state index contributed by atoms with van der Waals surface area (Å²) in [5, 5.41) is 4.24. The molecule has 1 saturated heterocycles. The van der Waals surface area contributed by atoms with Gasteiger partial charge in [0.15, 0.2) is 0 Å². The van der Waals surface area contributed by atoms with E-state index in [9.17, 15) is 0 Å². The van der Waals surface area contributed by atoms with Gasteiger partial charge in [0.05, 0.1) is 11.4 Å². The molecule has 2 aromatic rings. The van der Waals surface area contributed by atoms with Crippen molar-refractivity contribution in [2.24, 2.45) is 7.05 Å². The number of pyridine rings is 1. The lowest BCUT2D eigenvalue weighted by atomic mass is 9.93. The van der Waals surface area contributed by atoms with Crippen molar-refractivity contribution in [1.82, 2.24) is 19.7 Å². The van der Waals surface area contributed by atoms with Crippen LogP contribution in [0, 0.1) is 0 Å². The average Bonchev–Trinajstić information content (AvgIpc) is 2.94. The average molecular weight is 284 g/mol. The zero-order valence-corrected chi connectivity index (χ0v) is 13.2. The topological polar surface area (TPSA) is 34.0 Å². The smallest absolute Gasteiger partial charge is 0.0886 e. The molecule has 1 atom stereocenters. The van der Waals surface area contributed by atoms with Crippen LogP contribution in [-0.4, -0.2) is 38.8 Å². The van der Waals surface area contributed by atoms with Crippen molar-refractivity contribution in [2.45, 2.75) is 38.6 Å². The van der Waals surface area contributed by atoms with Crippen molar-refractivity contribution in [1.29, 1.82) is 0 Å². The molecular weight excluding hydrogens is 260 g/mol. The second-order valence-corrected chi connectivity index (χ2v) is 6.22. The second kappa shape index (κ2) is 5.98. The summed E-state index contributed by atoms with van der Waals surface area (Å²) in [7, 11) is 1.96. The summed E-state index contributed by atoms with van der Waals surface area (Å²) in [6, 6.07) is 9.01. The zero-order chi connectivity index (χ0) is 14.8. The largest absolute Gasteiger partial charge is 0.300 e. The molecule has 4 heteroatoms. The second-order valence-electron chi connectivity index (χ2n) is 6.22. The normalized spacial score (nSPS) is 20.1. The molecule has 0 radical (unpaired) electrons. The van der Waals surface area contributed by atoms with Crippen molar-refractivity contribution < 1.29 is 0 Å². The van der Waals surface area contributed by atoms with Crippen LogP contribution >= 0.6 is 0 Å². The summed E-state index contributed by atoms with van der Waals surface area (Å²) < 4.78 is 1.88. The maximum atomic E-state index is 4.91. The molecule has 0 N–H and O–H groups in total. The molecule has 3 rings (SSSR count). The molecular formula is C17H24N4. The minimum Gasteiger partial charge on any atom is -0.300 e. The van der Waals surface area contributed by atoms with Gasteiger partial charge < -0.3 is 4.90 Å². The lowest BCUT2D eigenvalue weighted by Crippen LogP contribution is -2.39. The van der Waals surface area contributed by atoms with Crippen LogP contribution in [0.25, 0.3) is 11.4 Å². The number of hydrogen-bond donors (Lipinski definition) is 0. The van der Waals surface area contributed by atoms with E-state index >= 15 is 0 Å². The highest BCUT2D eigenvalue weighted by atomic mass is 15.3. The van der Waals surface area contributed by atoms with Crippen molar-refractivity contribution in [3.05, 3.63) is 36.2 Å². The molecule has 2 aromatic heterocycles. The van der Waals surface area contributed by atoms with Crippen LogP contribution in [0.15, 0.2) is 30.5 Å². The predicted molar refractivity (Wildman–Crippen MR) is 85.1 cm³/mol. The van der Waals surface area contributed by atoms with Gasteiger partial charge in [0.2, 0.25) is 0 Å². The first kappa shape index (κ1) is 14.3. The Balaban J connectivity index is 1.84. The van der Waals surface area contributed by atoms with Crippen LogP contribution in [0.5, 0.6) is 0 Å². The van der Waals surface area contributed by atoms with Gasteiger partial charge in [0.1, 0.15) is 0 Å². The summed E-state index contributed by atoms with van der Waals surface area (Å²) in [6.45, 7) is 6.90. The van der Waals surface area contributed by atoms with Gasteiger partial charge in [0, 0.05) is 37.4 Å². The van der Waals surface area contributed by atoms with Crippen LogP contribution < -0.4 is 0 Å². The minimum absolute atomic E-state index is 0.550. The number of hydrogen-bond acceptors (Lipinski definition) is 3. The molecule has 1 aliphatic rings. The Morgan fingerprint density at radius 2 is 2.10 bits per heavy atom. The zero-order valence-electron chi connectivity index (χ0n) is 13.2. The lowest BCUT2D eigenvalue weighted by molar-refractivity contribution is 0.166. The van der Waals surface area contributed by atoms with E-state index in [1.54, 1.807) is 0 Å². The van der Waals surface area contributed by atoms with Gasteiger partial charge in [-0.25, -0.2) is 0 Å². The van der Waals surface area contributed by atoms with Crippen LogP contribution in [0.3, 0.4) is 0 Å². The van der Waals surface area contributed by atoms with Crippen LogP contribution in [0.4, 0.5) is 0 Å². The number of nitrogens with zero attached hydrogens (tertiary/aromatic N) is 4. The molecule has 4 nitrogen and oxygen atoms in total. The molecule has 0 unspecified atom stereocenters. The first-order valence-electron chi connectivity index (χ1n) is 7.84. The quantitative estimate of drug-likeness (QED) is 0.868. The van der Waals surface area contributed by atoms with Crippen LogP contribution in [0.1, 0.15) is 38.3 Å². The molecule has 1 aliphatic heterocycles. The van der Waals surface area contributed by atoms with Gasteiger partial charge in [-0.1, -0.05) is 6.07 Å². The van der Waals surface area contributed by atoms with E-state index in [0.717, 1.165) is 17.9 Å². The van der Waals surface area contributed by atoms with Gasteiger partial charge in [-0.05, 0) is 51.4 Å². The monoisotopic (exact) mass is 284 g/mol. The highest BCUT2D eigenvalue weighted by Crippen LogP contribution is 2.28. The van der Waals surface area contributed by atoms with Crippen molar-refractivity contribution >= 4 is 0 Å². The standard InChI is InChI=1S/C17H24N4/c1-13(2)21-11-5-6-14(12-21)15-7-4-8-16(19-15)17-9-10-18-20(17)3/h4,7-10,13-14H,5-6,11-12H2,1-3H3/t14-/m0/s1. The van der Waals surface area contributed by atoms with E-state index in [4.69, 9.17) is 4.98 Å². The Kier molecular flexibility index (Phi) is 4.06. The van der Waals surface area contributed by atoms with Crippen molar-refractivity contribution in [3.8, 4) is 11.4 Å². The maximum absolute atomic E-state index is 4.91. The molecule has 1 fully saturated rings. The molecule has 0 amide bonds. The Morgan fingerprint density at radius 1 is 1.24 bits per heavy atom. The fraction of sp³-hybridized carbons (Fsp3) is 0.529.